The fraction of sp³-hybridized carbons (Fsp3) is 0.889. The first kappa shape index (κ1) is 16.8. The van der Waals surface area contributed by atoms with Gasteiger partial charge in [0.1, 0.15) is 0 Å². The molecule has 1 saturated heterocycles. The summed E-state index contributed by atoms with van der Waals surface area (Å²) in [6.07, 6.45) is 15.1. The molecule has 2 rings (SSSR count). The van der Waals surface area contributed by atoms with Gasteiger partial charge in [0, 0.05) is 0 Å². The van der Waals surface area contributed by atoms with E-state index < -0.39 is 0 Å². The van der Waals surface area contributed by atoms with Crippen LogP contribution in [-0.2, 0) is 0 Å². The summed E-state index contributed by atoms with van der Waals surface area (Å²) < 4.78 is 1.20. The van der Waals surface area contributed by atoms with Crippen molar-refractivity contribution in [3.8, 4) is 0 Å². The van der Waals surface area contributed by atoms with Gasteiger partial charge in [-0.1, -0.05) is 48.6 Å². The third-order valence-corrected chi connectivity index (χ3v) is 6.48. The minimum Gasteiger partial charge on any atom is -0.294 e. The van der Waals surface area contributed by atoms with E-state index in [4.69, 9.17) is 0 Å². The molecule has 0 atom stereocenters. The van der Waals surface area contributed by atoms with E-state index in [9.17, 15) is 0 Å². The summed E-state index contributed by atoms with van der Waals surface area (Å²) in [5.74, 6) is 3.75. The summed E-state index contributed by atoms with van der Waals surface area (Å²) in [7, 11) is 0. The van der Waals surface area contributed by atoms with Crippen LogP contribution in [0.2, 0.25) is 0 Å². The molecular weight excluding hydrogens is 357 g/mol. The van der Waals surface area contributed by atoms with Crippen molar-refractivity contribution in [1.29, 1.82) is 0 Å². The Morgan fingerprint density at radius 3 is 2.25 bits per heavy atom. The lowest BCUT2D eigenvalue weighted by Gasteiger charge is -2.31. The van der Waals surface area contributed by atoms with Crippen molar-refractivity contribution in [2.75, 3.05) is 17.6 Å². The minimum atomic E-state index is 0.862. The van der Waals surface area contributed by atoms with Crippen LogP contribution < -0.4 is 0 Å². The first-order valence-corrected chi connectivity index (χ1v) is 10.2. The van der Waals surface area contributed by atoms with Crippen LogP contribution in [0.15, 0.2) is 12.2 Å². The van der Waals surface area contributed by atoms with Gasteiger partial charge in [-0.2, -0.15) is 0 Å². The van der Waals surface area contributed by atoms with Crippen LogP contribution >= 0.6 is 22.6 Å². The Morgan fingerprint density at radius 1 is 1.05 bits per heavy atom. The average Bonchev–Trinajstić information content (AvgIpc) is 2.48. The van der Waals surface area contributed by atoms with E-state index in [1.54, 1.807) is 0 Å². The van der Waals surface area contributed by atoms with Crippen molar-refractivity contribution in [3.05, 3.63) is 12.2 Å². The predicted octanol–water partition coefficient (Wildman–Crippen LogP) is 5.50. The molecule has 0 spiro atoms. The number of rotatable bonds is 5. The molecule has 1 aliphatic carbocycles. The van der Waals surface area contributed by atoms with Crippen molar-refractivity contribution >= 4 is 22.6 Å². The molecule has 0 amide bonds. The van der Waals surface area contributed by atoms with Crippen molar-refractivity contribution in [2.45, 2.75) is 58.8 Å². The Hall–Kier alpha value is 0.430. The Bertz CT molecular complexity index is 284. The third-order valence-electron chi connectivity index (χ3n) is 5.51. The highest BCUT2D eigenvalue weighted by Crippen LogP contribution is 2.35. The fourth-order valence-corrected chi connectivity index (χ4v) is 4.50. The summed E-state index contributed by atoms with van der Waals surface area (Å²) in [5, 5.41) is 0. The van der Waals surface area contributed by atoms with E-state index in [0.29, 0.717) is 0 Å². The fourth-order valence-electron chi connectivity index (χ4n) is 3.82. The molecule has 0 bridgehead atoms. The summed E-state index contributed by atoms with van der Waals surface area (Å²) in [5.41, 5.74) is 0. The van der Waals surface area contributed by atoms with Gasteiger partial charge in [-0.3, -0.25) is 4.90 Å². The van der Waals surface area contributed by atoms with Crippen LogP contribution in [0.5, 0.6) is 0 Å². The highest BCUT2D eigenvalue weighted by molar-refractivity contribution is 14.1. The van der Waals surface area contributed by atoms with Crippen molar-refractivity contribution < 1.29 is 0 Å². The van der Waals surface area contributed by atoms with Gasteiger partial charge in [0.25, 0.3) is 0 Å². The Morgan fingerprint density at radius 2 is 1.70 bits per heavy atom. The topological polar surface area (TPSA) is 3.24 Å². The zero-order valence-electron chi connectivity index (χ0n) is 13.4. The quantitative estimate of drug-likeness (QED) is 0.260. The second kappa shape index (κ2) is 8.77. The van der Waals surface area contributed by atoms with E-state index in [1.165, 1.54) is 62.6 Å². The molecule has 0 aromatic rings. The van der Waals surface area contributed by atoms with Crippen molar-refractivity contribution in [3.63, 3.8) is 0 Å². The second-order valence-electron chi connectivity index (χ2n) is 7.26. The summed E-state index contributed by atoms with van der Waals surface area (Å²) in [6.45, 7) is 7.40. The molecule has 2 aliphatic rings. The van der Waals surface area contributed by atoms with Crippen LogP contribution in [0.3, 0.4) is 0 Å². The second-order valence-corrected chi connectivity index (χ2v) is 7.95. The molecule has 116 valence electrons. The van der Waals surface area contributed by atoms with Gasteiger partial charge in [-0.05, 0) is 81.7 Å². The van der Waals surface area contributed by atoms with Crippen LogP contribution in [-0.4, -0.2) is 22.5 Å². The lowest BCUT2D eigenvalue weighted by atomic mass is 9.76. The molecule has 2 fully saturated rings. The average molecular weight is 389 g/mol. The maximum Gasteiger partial charge on any atom is 0.0505 e. The number of hydrogen-bond acceptors (Lipinski definition) is 1. The van der Waals surface area contributed by atoms with Gasteiger partial charge < -0.3 is 0 Å². The van der Waals surface area contributed by atoms with Crippen molar-refractivity contribution in [1.82, 2.24) is 4.90 Å². The molecule has 1 heterocycles. The van der Waals surface area contributed by atoms with E-state index in [2.05, 4.69) is 53.5 Å². The summed E-state index contributed by atoms with van der Waals surface area (Å²) >= 11 is 2.49. The normalized spacial score (nSPS) is 30.4. The maximum absolute atomic E-state index is 2.57. The summed E-state index contributed by atoms with van der Waals surface area (Å²) in [6, 6.07) is 0. The molecule has 0 radical (unpaired) electrons. The third kappa shape index (κ3) is 5.32. The lowest BCUT2D eigenvalue weighted by molar-refractivity contribution is 0.224. The number of likely N-dealkylation sites (tertiary alicyclic amines) is 1. The first-order valence-electron chi connectivity index (χ1n) is 8.64. The van der Waals surface area contributed by atoms with Gasteiger partial charge >= 0.3 is 0 Å². The number of nitrogens with zero attached hydrogens (tertiary/aromatic N) is 1. The number of hydrogen-bond donors (Lipinski definition) is 0. The molecule has 1 aliphatic heterocycles. The predicted molar refractivity (Wildman–Crippen MR) is 97.2 cm³/mol. The molecule has 20 heavy (non-hydrogen) atoms. The van der Waals surface area contributed by atoms with Crippen LogP contribution in [0.1, 0.15) is 58.8 Å². The maximum atomic E-state index is 2.57. The highest BCUT2D eigenvalue weighted by Gasteiger charge is 2.22. The molecule has 1 nitrogen and oxygen atoms in total. The van der Waals surface area contributed by atoms with E-state index in [-0.39, 0.29) is 0 Å². The number of allylic oxidation sites excluding steroid dienone is 2. The highest BCUT2D eigenvalue weighted by atomic mass is 127. The standard InChI is InChI=1S/C18H32IN/c1-15(2)18-8-6-16(7-9-18)4-3-5-17-10-12-20(14-19)13-11-17/h3,5,15-18H,4,6-14H2,1-2H3/b5-3+. The molecule has 0 unspecified atom stereocenters. The number of piperidine rings is 1. The first-order chi connectivity index (χ1) is 9.69. The Balaban J connectivity index is 1.62. The SMILES string of the molecule is CC(C)C1CCC(C/C=C/C2CCN(CI)CC2)CC1. The van der Waals surface area contributed by atoms with Crippen molar-refractivity contribution in [2.24, 2.45) is 23.7 Å². The molecule has 2 heteroatoms. The van der Waals surface area contributed by atoms with Gasteiger partial charge in [0.2, 0.25) is 0 Å². The van der Waals surface area contributed by atoms with Gasteiger partial charge in [0.05, 0.1) is 4.55 Å². The molecular formula is C18H32IN. The van der Waals surface area contributed by atoms with E-state index in [1.807, 2.05) is 0 Å². The number of alkyl halides is 1. The zero-order valence-corrected chi connectivity index (χ0v) is 15.5. The minimum absolute atomic E-state index is 0.862. The van der Waals surface area contributed by atoms with Crippen LogP contribution in [0.4, 0.5) is 0 Å². The largest absolute Gasteiger partial charge is 0.294 e. The number of halogens is 1. The lowest BCUT2D eigenvalue weighted by Crippen LogP contribution is -2.31. The van der Waals surface area contributed by atoms with Crippen LogP contribution in [0, 0.1) is 23.7 Å². The molecule has 1 saturated carbocycles. The van der Waals surface area contributed by atoms with E-state index in [0.717, 1.165) is 23.7 Å². The van der Waals surface area contributed by atoms with Gasteiger partial charge in [-0.15, -0.1) is 0 Å². The monoisotopic (exact) mass is 389 g/mol. The smallest absolute Gasteiger partial charge is 0.0505 e. The summed E-state index contributed by atoms with van der Waals surface area (Å²) in [4.78, 5) is 2.57. The van der Waals surface area contributed by atoms with Gasteiger partial charge in [-0.25, -0.2) is 0 Å². The molecule has 0 N–H and O–H groups in total. The van der Waals surface area contributed by atoms with Crippen LogP contribution in [0.25, 0.3) is 0 Å². The molecule has 0 aromatic heterocycles. The molecule has 0 aromatic carbocycles. The zero-order chi connectivity index (χ0) is 14.4. The Kier molecular flexibility index (Phi) is 7.37. The van der Waals surface area contributed by atoms with E-state index >= 15 is 0 Å². The Labute approximate surface area is 139 Å². The van der Waals surface area contributed by atoms with Gasteiger partial charge in [0.15, 0.2) is 0 Å².